The molecular weight excluding hydrogens is 207 g/mol. The van der Waals surface area contributed by atoms with Crippen LogP contribution in [0, 0.1) is 0 Å². The number of aromatic nitrogens is 2. The van der Waals surface area contributed by atoms with Gasteiger partial charge in [0.2, 0.25) is 0 Å². The lowest BCUT2D eigenvalue weighted by Gasteiger charge is -2.10. The number of nitrogens with one attached hydrogen (secondary N) is 1. The summed E-state index contributed by atoms with van der Waals surface area (Å²) in [6.45, 7) is 2.74. The summed E-state index contributed by atoms with van der Waals surface area (Å²) in [5.74, 6) is 0.366. The molecular formula is C9H12F3N3. The Balaban J connectivity index is 2.66. The van der Waals surface area contributed by atoms with E-state index in [1.165, 1.54) is 12.4 Å². The number of hydrogen-bond donors (Lipinski definition) is 1. The maximum atomic E-state index is 11.9. The molecule has 1 aromatic rings. The van der Waals surface area contributed by atoms with Crippen LogP contribution in [0.2, 0.25) is 0 Å². The molecule has 0 fully saturated rings. The van der Waals surface area contributed by atoms with Gasteiger partial charge in [-0.1, -0.05) is 13.8 Å². The highest BCUT2D eigenvalue weighted by molar-refractivity contribution is 5.35. The molecule has 0 spiro atoms. The van der Waals surface area contributed by atoms with E-state index in [1.54, 1.807) is 0 Å². The molecule has 0 radical (unpaired) electrons. The number of nitrogens with zero attached hydrogens (tertiary/aromatic N) is 2. The van der Waals surface area contributed by atoms with Crippen LogP contribution in [0.25, 0.3) is 0 Å². The fraction of sp³-hybridized carbons (Fsp3) is 0.556. The molecule has 15 heavy (non-hydrogen) atoms. The molecule has 0 aromatic carbocycles. The summed E-state index contributed by atoms with van der Waals surface area (Å²) in [4.78, 5) is 7.65. The SMILES string of the molecule is CC(C)c1cc(NCC(F)(F)F)ncn1. The van der Waals surface area contributed by atoms with E-state index in [-0.39, 0.29) is 11.7 Å². The predicted octanol–water partition coefficient (Wildman–Crippen LogP) is 2.57. The number of rotatable bonds is 3. The Bertz CT molecular complexity index is 323. The molecule has 3 nitrogen and oxygen atoms in total. The van der Waals surface area contributed by atoms with Gasteiger partial charge in [-0.2, -0.15) is 13.2 Å². The summed E-state index contributed by atoms with van der Waals surface area (Å²) in [6.07, 6.45) is -2.98. The van der Waals surface area contributed by atoms with Gasteiger partial charge in [-0.15, -0.1) is 0 Å². The van der Waals surface area contributed by atoms with E-state index < -0.39 is 12.7 Å². The van der Waals surface area contributed by atoms with Crippen molar-refractivity contribution in [3.63, 3.8) is 0 Å². The van der Waals surface area contributed by atoms with Crippen LogP contribution in [-0.2, 0) is 0 Å². The lowest BCUT2D eigenvalue weighted by atomic mass is 10.1. The fourth-order valence-corrected chi connectivity index (χ4v) is 0.976. The summed E-state index contributed by atoms with van der Waals surface area (Å²) >= 11 is 0. The van der Waals surface area contributed by atoms with E-state index in [1.807, 2.05) is 13.8 Å². The average Bonchev–Trinajstić information content (AvgIpc) is 2.14. The van der Waals surface area contributed by atoms with Gasteiger partial charge in [0.1, 0.15) is 18.7 Å². The van der Waals surface area contributed by atoms with Gasteiger partial charge in [0.05, 0.1) is 0 Å². The predicted molar refractivity (Wildman–Crippen MR) is 50.7 cm³/mol. The summed E-state index contributed by atoms with van der Waals surface area (Å²) in [5.41, 5.74) is 0.717. The Labute approximate surface area is 85.7 Å². The van der Waals surface area contributed by atoms with E-state index >= 15 is 0 Å². The molecule has 0 aliphatic carbocycles. The second kappa shape index (κ2) is 4.46. The average molecular weight is 219 g/mol. The van der Waals surface area contributed by atoms with Gasteiger partial charge in [-0.25, -0.2) is 9.97 Å². The molecule has 0 aliphatic rings. The van der Waals surface area contributed by atoms with Crippen LogP contribution in [0.5, 0.6) is 0 Å². The molecule has 0 unspecified atom stereocenters. The minimum atomic E-state index is -4.23. The monoisotopic (exact) mass is 219 g/mol. The van der Waals surface area contributed by atoms with Crippen LogP contribution in [0.4, 0.5) is 19.0 Å². The van der Waals surface area contributed by atoms with Gasteiger partial charge in [0, 0.05) is 11.8 Å². The Morgan fingerprint density at radius 1 is 1.33 bits per heavy atom. The highest BCUT2D eigenvalue weighted by Gasteiger charge is 2.26. The minimum Gasteiger partial charge on any atom is -0.361 e. The zero-order chi connectivity index (χ0) is 11.5. The molecule has 0 amide bonds. The topological polar surface area (TPSA) is 37.8 Å². The van der Waals surface area contributed by atoms with E-state index in [0.717, 1.165) is 5.69 Å². The second-order valence-electron chi connectivity index (χ2n) is 3.45. The van der Waals surface area contributed by atoms with E-state index in [9.17, 15) is 13.2 Å². The van der Waals surface area contributed by atoms with Crippen LogP contribution < -0.4 is 5.32 Å². The van der Waals surface area contributed by atoms with Gasteiger partial charge >= 0.3 is 6.18 Å². The maximum absolute atomic E-state index is 11.9. The first-order valence-corrected chi connectivity index (χ1v) is 4.51. The summed E-state index contributed by atoms with van der Waals surface area (Å²) in [7, 11) is 0. The van der Waals surface area contributed by atoms with E-state index in [2.05, 4.69) is 15.3 Å². The fourth-order valence-electron chi connectivity index (χ4n) is 0.976. The lowest BCUT2D eigenvalue weighted by molar-refractivity contribution is -0.115. The lowest BCUT2D eigenvalue weighted by Crippen LogP contribution is -2.21. The van der Waals surface area contributed by atoms with Crippen LogP contribution in [0.3, 0.4) is 0 Å². The van der Waals surface area contributed by atoms with Crippen molar-refractivity contribution in [1.29, 1.82) is 0 Å². The summed E-state index contributed by atoms with van der Waals surface area (Å²) in [5, 5.41) is 2.20. The van der Waals surface area contributed by atoms with E-state index in [0.29, 0.717) is 0 Å². The van der Waals surface area contributed by atoms with Crippen molar-refractivity contribution in [1.82, 2.24) is 9.97 Å². The Kier molecular flexibility index (Phi) is 3.49. The van der Waals surface area contributed by atoms with Crippen molar-refractivity contribution in [2.24, 2.45) is 0 Å². The third-order valence-corrected chi connectivity index (χ3v) is 1.75. The van der Waals surface area contributed by atoms with Crippen molar-refractivity contribution >= 4 is 5.82 Å². The molecule has 1 heterocycles. The Morgan fingerprint density at radius 2 is 2.00 bits per heavy atom. The van der Waals surface area contributed by atoms with Crippen LogP contribution in [0.1, 0.15) is 25.5 Å². The van der Waals surface area contributed by atoms with Gasteiger partial charge in [0.15, 0.2) is 0 Å². The molecule has 0 atom stereocenters. The first-order valence-electron chi connectivity index (χ1n) is 4.51. The zero-order valence-electron chi connectivity index (χ0n) is 8.47. The van der Waals surface area contributed by atoms with E-state index in [4.69, 9.17) is 0 Å². The number of halogens is 3. The van der Waals surface area contributed by atoms with Crippen molar-refractivity contribution in [3.05, 3.63) is 18.1 Å². The Morgan fingerprint density at radius 3 is 2.53 bits per heavy atom. The standard InChI is InChI=1S/C9H12F3N3/c1-6(2)7-3-8(15-5-14-7)13-4-9(10,11)12/h3,5-6H,4H2,1-2H3,(H,13,14,15). The van der Waals surface area contributed by atoms with Crippen LogP contribution in [-0.4, -0.2) is 22.7 Å². The van der Waals surface area contributed by atoms with Crippen molar-refractivity contribution in [2.75, 3.05) is 11.9 Å². The van der Waals surface area contributed by atoms with Crippen LogP contribution in [0.15, 0.2) is 12.4 Å². The zero-order valence-corrected chi connectivity index (χ0v) is 8.47. The molecule has 1 N–H and O–H groups in total. The molecule has 6 heteroatoms. The van der Waals surface area contributed by atoms with Gasteiger partial charge in [-0.05, 0) is 5.92 Å². The van der Waals surface area contributed by atoms with Crippen molar-refractivity contribution < 1.29 is 13.2 Å². The van der Waals surface area contributed by atoms with Crippen molar-refractivity contribution in [2.45, 2.75) is 25.9 Å². The first kappa shape index (κ1) is 11.7. The third-order valence-electron chi connectivity index (χ3n) is 1.75. The number of hydrogen-bond acceptors (Lipinski definition) is 3. The summed E-state index contributed by atoms with van der Waals surface area (Å²) < 4.78 is 35.7. The highest BCUT2D eigenvalue weighted by Crippen LogP contribution is 2.17. The van der Waals surface area contributed by atoms with Gasteiger partial charge < -0.3 is 5.32 Å². The summed E-state index contributed by atoms with van der Waals surface area (Å²) in [6, 6.07) is 1.52. The molecule has 1 rings (SSSR count). The molecule has 0 bridgehead atoms. The third kappa shape index (κ3) is 4.14. The van der Waals surface area contributed by atoms with Crippen LogP contribution >= 0.6 is 0 Å². The maximum Gasteiger partial charge on any atom is 0.405 e. The highest BCUT2D eigenvalue weighted by atomic mass is 19.4. The number of alkyl halides is 3. The molecule has 84 valence electrons. The Hall–Kier alpha value is -1.33. The van der Waals surface area contributed by atoms with Gasteiger partial charge in [0.25, 0.3) is 0 Å². The second-order valence-corrected chi connectivity index (χ2v) is 3.45. The molecule has 0 saturated carbocycles. The number of anilines is 1. The largest absolute Gasteiger partial charge is 0.405 e. The van der Waals surface area contributed by atoms with Gasteiger partial charge in [-0.3, -0.25) is 0 Å². The quantitative estimate of drug-likeness (QED) is 0.849. The smallest absolute Gasteiger partial charge is 0.361 e. The molecule has 1 aromatic heterocycles. The minimum absolute atomic E-state index is 0.166. The molecule has 0 saturated heterocycles. The van der Waals surface area contributed by atoms with Crippen molar-refractivity contribution in [3.8, 4) is 0 Å². The normalized spacial score (nSPS) is 11.9. The first-order chi connectivity index (χ1) is 6.88. The molecule has 0 aliphatic heterocycles.